The van der Waals surface area contributed by atoms with E-state index in [4.69, 9.17) is 26.8 Å². The Morgan fingerprint density at radius 2 is 1.80 bits per heavy atom. The molecule has 0 saturated heterocycles. The van der Waals surface area contributed by atoms with Crippen LogP contribution in [0.3, 0.4) is 0 Å². The lowest BCUT2D eigenvalue weighted by atomic mass is 9.97. The summed E-state index contributed by atoms with van der Waals surface area (Å²) in [6, 6.07) is 11.1. The number of methoxy groups -OCH3 is 2. The van der Waals surface area contributed by atoms with Crippen LogP contribution in [0.25, 0.3) is 0 Å². The highest BCUT2D eigenvalue weighted by Gasteiger charge is 2.16. The van der Waals surface area contributed by atoms with E-state index in [-0.39, 0.29) is 6.04 Å². The average molecular weight is 292 g/mol. The van der Waals surface area contributed by atoms with Crippen molar-refractivity contribution < 1.29 is 9.47 Å². The molecule has 0 fully saturated rings. The minimum absolute atomic E-state index is 0.295. The van der Waals surface area contributed by atoms with E-state index in [9.17, 15) is 0 Å². The molecular formula is C16H18ClNO2. The molecule has 0 saturated carbocycles. The Hall–Kier alpha value is -1.71. The Balaban J connectivity index is 2.45. The zero-order valence-electron chi connectivity index (χ0n) is 11.8. The second-order valence-electron chi connectivity index (χ2n) is 4.59. The number of hydrogen-bond donors (Lipinski definition) is 1. The molecule has 0 aliphatic rings. The van der Waals surface area contributed by atoms with Crippen LogP contribution in [0.2, 0.25) is 5.02 Å². The summed E-state index contributed by atoms with van der Waals surface area (Å²) in [5.74, 6) is 1.49. The Labute approximate surface area is 124 Å². The van der Waals surface area contributed by atoms with E-state index >= 15 is 0 Å². The first-order valence-electron chi connectivity index (χ1n) is 6.30. The highest BCUT2D eigenvalue weighted by atomic mass is 35.5. The number of ether oxygens (including phenoxy) is 2. The van der Waals surface area contributed by atoms with Crippen LogP contribution >= 0.6 is 11.6 Å². The standard InChI is InChI=1S/C16H18ClNO2/c1-10-8-11(4-6-14(10)17)16(18)13-9-12(19-2)5-7-15(13)20-3/h4-9,16H,18H2,1-3H3. The highest BCUT2D eigenvalue weighted by molar-refractivity contribution is 6.31. The van der Waals surface area contributed by atoms with Crippen molar-refractivity contribution in [2.45, 2.75) is 13.0 Å². The van der Waals surface area contributed by atoms with Crippen molar-refractivity contribution in [3.8, 4) is 11.5 Å². The molecule has 2 aromatic carbocycles. The number of halogens is 1. The van der Waals surface area contributed by atoms with Crippen LogP contribution in [-0.2, 0) is 0 Å². The van der Waals surface area contributed by atoms with Gasteiger partial charge in [0.15, 0.2) is 0 Å². The number of hydrogen-bond acceptors (Lipinski definition) is 3. The summed E-state index contributed by atoms with van der Waals surface area (Å²) >= 11 is 6.05. The lowest BCUT2D eigenvalue weighted by Gasteiger charge is -2.18. The van der Waals surface area contributed by atoms with Gasteiger partial charge in [0.1, 0.15) is 11.5 Å². The van der Waals surface area contributed by atoms with Gasteiger partial charge in [-0.25, -0.2) is 0 Å². The third kappa shape index (κ3) is 2.89. The van der Waals surface area contributed by atoms with Gasteiger partial charge in [-0.3, -0.25) is 0 Å². The third-order valence-electron chi connectivity index (χ3n) is 3.31. The van der Waals surface area contributed by atoms with Gasteiger partial charge >= 0.3 is 0 Å². The Morgan fingerprint density at radius 1 is 1.05 bits per heavy atom. The molecule has 0 radical (unpaired) electrons. The number of benzene rings is 2. The van der Waals surface area contributed by atoms with E-state index in [1.54, 1.807) is 14.2 Å². The minimum Gasteiger partial charge on any atom is -0.497 e. The number of nitrogens with two attached hydrogens (primary N) is 1. The van der Waals surface area contributed by atoms with Crippen LogP contribution in [0.1, 0.15) is 22.7 Å². The first-order valence-corrected chi connectivity index (χ1v) is 6.68. The maximum Gasteiger partial charge on any atom is 0.124 e. The zero-order chi connectivity index (χ0) is 14.7. The van der Waals surface area contributed by atoms with E-state index < -0.39 is 0 Å². The molecular weight excluding hydrogens is 274 g/mol. The van der Waals surface area contributed by atoms with Crippen molar-refractivity contribution in [1.82, 2.24) is 0 Å². The van der Waals surface area contributed by atoms with Gasteiger partial charge < -0.3 is 15.2 Å². The minimum atomic E-state index is -0.295. The van der Waals surface area contributed by atoms with E-state index in [1.165, 1.54) is 0 Å². The highest BCUT2D eigenvalue weighted by Crippen LogP contribution is 2.32. The summed E-state index contributed by atoms with van der Waals surface area (Å²) in [4.78, 5) is 0. The van der Waals surface area contributed by atoms with Crippen molar-refractivity contribution in [2.24, 2.45) is 5.73 Å². The lowest BCUT2D eigenvalue weighted by molar-refractivity contribution is 0.397. The summed E-state index contributed by atoms with van der Waals surface area (Å²) in [7, 11) is 3.26. The number of rotatable bonds is 4. The van der Waals surface area contributed by atoms with Gasteiger partial charge in [-0.1, -0.05) is 23.7 Å². The van der Waals surface area contributed by atoms with Gasteiger partial charge in [0, 0.05) is 10.6 Å². The molecule has 0 bridgehead atoms. The van der Waals surface area contributed by atoms with Crippen molar-refractivity contribution in [2.75, 3.05) is 14.2 Å². The summed E-state index contributed by atoms with van der Waals surface area (Å²) in [5, 5.41) is 0.735. The largest absolute Gasteiger partial charge is 0.497 e. The van der Waals surface area contributed by atoms with Gasteiger partial charge in [0.25, 0.3) is 0 Å². The second-order valence-corrected chi connectivity index (χ2v) is 5.00. The van der Waals surface area contributed by atoms with Crippen LogP contribution < -0.4 is 15.2 Å². The molecule has 0 aromatic heterocycles. The fraction of sp³-hybridized carbons (Fsp3) is 0.250. The molecule has 2 N–H and O–H groups in total. The first-order chi connectivity index (χ1) is 9.56. The Kier molecular flexibility index (Phi) is 4.53. The monoisotopic (exact) mass is 291 g/mol. The van der Waals surface area contributed by atoms with Crippen LogP contribution in [0.5, 0.6) is 11.5 Å². The fourth-order valence-corrected chi connectivity index (χ4v) is 2.24. The molecule has 106 valence electrons. The van der Waals surface area contributed by atoms with Gasteiger partial charge in [0.05, 0.1) is 20.3 Å². The molecule has 3 nitrogen and oxygen atoms in total. The third-order valence-corrected chi connectivity index (χ3v) is 3.74. The molecule has 0 aliphatic carbocycles. The van der Waals surface area contributed by atoms with E-state index in [1.807, 2.05) is 43.3 Å². The topological polar surface area (TPSA) is 44.5 Å². The van der Waals surface area contributed by atoms with E-state index in [2.05, 4.69) is 0 Å². The van der Waals surface area contributed by atoms with Crippen molar-refractivity contribution in [1.29, 1.82) is 0 Å². The maximum absolute atomic E-state index is 6.36. The predicted octanol–water partition coefficient (Wildman–Crippen LogP) is 3.71. The molecule has 0 heterocycles. The Bertz CT molecular complexity index is 613. The van der Waals surface area contributed by atoms with Gasteiger partial charge in [0.2, 0.25) is 0 Å². The lowest BCUT2D eigenvalue weighted by Crippen LogP contribution is -2.13. The zero-order valence-corrected chi connectivity index (χ0v) is 12.6. The van der Waals surface area contributed by atoms with Crippen molar-refractivity contribution in [3.63, 3.8) is 0 Å². The molecule has 2 aromatic rings. The average Bonchev–Trinajstić information content (AvgIpc) is 2.48. The van der Waals surface area contributed by atoms with Crippen LogP contribution in [0, 0.1) is 6.92 Å². The van der Waals surface area contributed by atoms with Crippen LogP contribution in [0.4, 0.5) is 0 Å². The Morgan fingerprint density at radius 3 is 2.40 bits per heavy atom. The van der Waals surface area contributed by atoms with Crippen LogP contribution in [-0.4, -0.2) is 14.2 Å². The molecule has 0 amide bonds. The predicted molar refractivity (Wildman–Crippen MR) is 81.8 cm³/mol. The first kappa shape index (κ1) is 14.7. The smallest absolute Gasteiger partial charge is 0.124 e. The molecule has 2 rings (SSSR count). The molecule has 4 heteroatoms. The second kappa shape index (κ2) is 6.16. The molecule has 1 atom stereocenters. The normalized spacial score (nSPS) is 12.1. The maximum atomic E-state index is 6.36. The summed E-state index contributed by atoms with van der Waals surface area (Å²) < 4.78 is 10.6. The summed E-state index contributed by atoms with van der Waals surface area (Å²) in [6.07, 6.45) is 0. The fourth-order valence-electron chi connectivity index (χ4n) is 2.12. The molecule has 0 aliphatic heterocycles. The van der Waals surface area contributed by atoms with Crippen molar-refractivity contribution in [3.05, 3.63) is 58.1 Å². The number of aryl methyl sites for hydroxylation is 1. The SMILES string of the molecule is COc1ccc(OC)c(C(N)c2ccc(Cl)c(C)c2)c1. The van der Waals surface area contributed by atoms with E-state index in [0.29, 0.717) is 0 Å². The molecule has 20 heavy (non-hydrogen) atoms. The summed E-state index contributed by atoms with van der Waals surface area (Å²) in [5.41, 5.74) is 9.23. The quantitative estimate of drug-likeness (QED) is 0.934. The van der Waals surface area contributed by atoms with Gasteiger partial charge in [-0.2, -0.15) is 0 Å². The van der Waals surface area contributed by atoms with Gasteiger partial charge in [-0.15, -0.1) is 0 Å². The van der Waals surface area contributed by atoms with Gasteiger partial charge in [-0.05, 0) is 42.3 Å². The summed E-state index contributed by atoms with van der Waals surface area (Å²) in [6.45, 7) is 1.96. The van der Waals surface area contributed by atoms with Crippen molar-refractivity contribution >= 4 is 11.6 Å². The molecule has 0 spiro atoms. The van der Waals surface area contributed by atoms with Crippen LogP contribution in [0.15, 0.2) is 36.4 Å². The molecule has 1 unspecified atom stereocenters. The van der Waals surface area contributed by atoms with E-state index in [0.717, 1.165) is 33.2 Å².